The van der Waals surface area contributed by atoms with Crippen molar-refractivity contribution in [2.45, 2.75) is 6.18 Å². The first-order valence-corrected chi connectivity index (χ1v) is 5.97. The molecule has 2 aromatic rings. The number of hydrogen-bond acceptors (Lipinski definition) is 2. The third-order valence-corrected chi connectivity index (χ3v) is 2.76. The molecule has 0 fully saturated rings. The molecule has 0 aliphatic heterocycles. The Kier molecular flexibility index (Phi) is 4.08. The molecule has 1 N–H and O–H groups in total. The second-order valence-corrected chi connectivity index (χ2v) is 4.19. The minimum atomic E-state index is -4.53. The van der Waals surface area contributed by atoms with Gasteiger partial charge in [-0.25, -0.2) is 0 Å². The fourth-order valence-corrected chi connectivity index (χ4v) is 1.81. The quantitative estimate of drug-likeness (QED) is 0.857. The van der Waals surface area contributed by atoms with Gasteiger partial charge in [0.2, 0.25) is 0 Å². The third kappa shape index (κ3) is 3.38. The molecule has 0 atom stereocenters. The summed E-state index contributed by atoms with van der Waals surface area (Å²) in [5.74, 6) is -0.596. The zero-order valence-corrected chi connectivity index (χ0v) is 10.4. The molecule has 2 nitrogen and oxygen atoms in total. The fourth-order valence-electron chi connectivity index (χ4n) is 1.81. The molecular weight excluding hydrogens is 267 g/mol. The Morgan fingerprint density at radius 1 is 0.950 bits per heavy atom. The van der Waals surface area contributed by atoms with Crippen LogP contribution in [0.5, 0.6) is 0 Å². The number of rotatable bonds is 4. The first kappa shape index (κ1) is 14.1. The van der Waals surface area contributed by atoms with Crippen molar-refractivity contribution in [3.63, 3.8) is 0 Å². The minimum absolute atomic E-state index is 0.183. The van der Waals surface area contributed by atoms with Crippen molar-refractivity contribution in [1.29, 1.82) is 0 Å². The van der Waals surface area contributed by atoms with Crippen molar-refractivity contribution in [1.82, 2.24) is 0 Å². The summed E-state index contributed by atoms with van der Waals surface area (Å²) in [6, 6.07) is 13.6. The van der Waals surface area contributed by atoms with Gasteiger partial charge in [-0.2, -0.15) is 13.2 Å². The molecule has 104 valence electrons. The molecule has 0 aliphatic rings. The average Bonchev–Trinajstić information content (AvgIpc) is 2.45. The number of hydrogen-bond donors (Lipinski definition) is 1. The Labute approximate surface area is 114 Å². The van der Waals surface area contributed by atoms with E-state index in [4.69, 9.17) is 0 Å². The van der Waals surface area contributed by atoms with Gasteiger partial charge in [0.05, 0.1) is 12.1 Å². The minimum Gasteiger partial charge on any atom is -0.378 e. The van der Waals surface area contributed by atoms with E-state index in [0.717, 1.165) is 6.07 Å². The fraction of sp³-hybridized carbons (Fsp3) is 0.133. The van der Waals surface area contributed by atoms with Crippen LogP contribution in [-0.2, 0) is 6.18 Å². The van der Waals surface area contributed by atoms with E-state index < -0.39 is 17.5 Å². The molecule has 5 heteroatoms. The summed E-state index contributed by atoms with van der Waals surface area (Å²) < 4.78 is 38.4. The van der Waals surface area contributed by atoms with E-state index in [1.807, 2.05) is 6.07 Å². The van der Waals surface area contributed by atoms with Crippen LogP contribution in [0.2, 0.25) is 0 Å². The monoisotopic (exact) mass is 279 g/mol. The van der Waals surface area contributed by atoms with Crippen LogP contribution in [0.3, 0.4) is 0 Å². The Morgan fingerprint density at radius 2 is 1.55 bits per heavy atom. The number of halogens is 3. The van der Waals surface area contributed by atoms with Crippen LogP contribution < -0.4 is 5.32 Å². The van der Waals surface area contributed by atoms with Crippen LogP contribution >= 0.6 is 0 Å². The number of Topliss-reactive ketones (excluding diaryl/α,β-unsaturated/α-hetero) is 1. The van der Waals surface area contributed by atoms with Gasteiger partial charge in [-0.1, -0.05) is 36.4 Å². The molecule has 2 aromatic carbocycles. The van der Waals surface area contributed by atoms with Crippen molar-refractivity contribution in [2.24, 2.45) is 0 Å². The second-order valence-electron chi connectivity index (χ2n) is 4.19. The molecule has 0 aromatic heterocycles. The smallest absolute Gasteiger partial charge is 0.378 e. The molecule has 0 amide bonds. The summed E-state index contributed by atoms with van der Waals surface area (Å²) in [7, 11) is 0. The van der Waals surface area contributed by atoms with E-state index in [2.05, 4.69) is 5.32 Å². The van der Waals surface area contributed by atoms with Crippen molar-refractivity contribution in [2.75, 3.05) is 11.9 Å². The normalized spacial score (nSPS) is 11.2. The molecule has 0 radical (unpaired) electrons. The lowest BCUT2D eigenvalue weighted by Gasteiger charge is -2.12. The molecule has 0 saturated heterocycles. The van der Waals surface area contributed by atoms with Crippen LogP contribution in [0.25, 0.3) is 0 Å². The Bertz CT molecular complexity index is 594. The lowest BCUT2D eigenvalue weighted by molar-refractivity contribution is -0.137. The molecule has 2 rings (SSSR count). The van der Waals surface area contributed by atoms with Gasteiger partial charge < -0.3 is 5.32 Å². The standard InChI is InChI=1S/C15H12F3NO/c16-15(17,18)13-9-5-4-8-12(13)14(20)10-19-11-6-2-1-3-7-11/h1-9,19H,10H2. The van der Waals surface area contributed by atoms with Crippen LogP contribution in [0.15, 0.2) is 54.6 Å². The maximum Gasteiger partial charge on any atom is 0.417 e. The number of nitrogens with one attached hydrogen (secondary N) is 1. The van der Waals surface area contributed by atoms with Crippen molar-refractivity contribution in [3.8, 4) is 0 Å². The second kappa shape index (κ2) is 5.77. The highest BCUT2D eigenvalue weighted by Gasteiger charge is 2.34. The topological polar surface area (TPSA) is 29.1 Å². The van der Waals surface area contributed by atoms with Crippen LogP contribution in [0.1, 0.15) is 15.9 Å². The average molecular weight is 279 g/mol. The Balaban J connectivity index is 2.14. The predicted octanol–water partition coefficient (Wildman–Crippen LogP) is 4.00. The first-order chi connectivity index (χ1) is 9.48. The van der Waals surface area contributed by atoms with E-state index in [1.165, 1.54) is 18.2 Å². The number of carbonyl (C=O) groups is 1. The van der Waals surface area contributed by atoms with E-state index in [9.17, 15) is 18.0 Å². The lowest BCUT2D eigenvalue weighted by Crippen LogP contribution is -2.19. The molecule has 0 unspecified atom stereocenters. The maximum atomic E-state index is 12.8. The number of anilines is 1. The van der Waals surface area contributed by atoms with Gasteiger partial charge in [0.15, 0.2) is 5.78 Å². The number of ketones is 1. The summed E-state index contributed by atoms with van der Waals surface area (Å²) in [4.78, 5) is 11.9. The molecule has 0 heterocycles. The summed E-state index contributed by atoms with van der Waals surface area (Å²) in [5, 5.41) is 2.80. The number of carbonyl (C=O) groups excluding carboxylic acids is 1. The third-order valence-electron chi connectivity index (χ3n) is 2.76. The zero-order valence-electron chi connectivity index (χ0n) is 10.4. The summed E-state index contributed by atoms with van der Waals surface area (Å²) in [5.41, 5.74) is -0.534. The molecule has 0 bridgehead atoms. The first-order valence-electron chi connectivity index (χ1n) is 5.97. The van der Waals surface area contributed by atoms with Gasteiger partial charge in [0.1, 0.15) is 0 Å². The van der Waals surface area contributed by atoms with Gasteiger partial charge in [-0.3, -0.25) is 4.79 Å². The predicted molar refractivity (Wildman–Crippen MR) is 70.7 cm³/mol. The Hall–Kier alpha value is -2.30. The lowest BCUT2D eigenvalue weighted by atomic mass is 10.0. The molecule has 0 saturated carbocycles. The summed E-state index contributed by atoms with van der Waals surface area (Å²) >= 11 is 0. The van der Waals surface area contributed by atoms with Gasteiger partial charge >= 0.3 is 6.18 Å². The molecule has 0 spiro atoms. The number of alkyl halides is 3. The van der Waals surface area contributed by atoms with Gasteiger partial charge in [-0.15, -0.1) is 0 Å². The van der Waals surface area contributed by atoms with Crippen molar-refractivity contribution < 1.29 is 18.0 Å². The number of para-hydroxylation sites is 1. The van der Waals surface area contributed by atoms with Crippen LogP contribution in [0.4, 0.5) is 18.9 Å². The Morgan fingerprint density at radius 3 is 2.20 bits per heavy atom. The van der Waals surface area contributed by atoms with E-state index in [1.54, 1.807) is 24.3 Å². The van der Waals surface area contributed by atoms with Crippen LogP contribution in [0, 0.1) is 0 Å². The summed E-state index contributed by atoms with van der Waals surface area (Å²) in [6.07, 6.45) is -4.53. The highest BCUT2D eigenvalue weighted by Crippen LogP contribution is 2.31. The van der Waals surface area contributed by atoms with Crippen LogP contribution in [-0.4, -0.2) is 12.3 Å². The van der Waals surface area contributed by atoms with Crippen molar-refractivity contribution in [3.05, 3.63) is 65.7 Å². The SMILES string of the molecule is O=C(CNc1ccccc1)c1ccccc1C(F)(F)F. The number of benzene rings is 2. The molecule has 0 aliphatic carbocycles. The van der Waals surface area contributed by atoms with Gasteiger partial charge in [0.25, 0.3) is 0 Å². The van der Waals surface area contributed by atoms with Crippen molar-refractivity contribution >= 4 is 11.5 Å². The molecule has 20 heavy (non-hydrogen) atoms. The van der Waals surface area contributed by atoms with E-state index in [-0.39, 0.29) is 12.1 Å². The zero-order chi connectivity index (χ0) is 14.6. The van der Waals surface area contributed by atoms with Gasteiger partial charge in [0, 0.05) is 11.3 Å². The van der Waals surface area contributed by atoms with Gasteiger partial charge in [-0.05, 0) is 18.2 Å². The van der Waals surface area contributed by atoms with E-state index in [0.29, 0.717) is 5.69 Å². The summed E-state index contributed by atoms with van der Waals surface area (Å²) in [6.45, 7) is -0.183. The highest BCUT2D eigenvalue weighted by atomic mass is 19.4. The largest absolute Gasteiger partial charge is 0.417 e. The maximum absolute atomic E-state index is 12.8. The highest BCUT2D eigenvalue weighted by molar-refractivity contribution is 6.00. The molecular formula is C15H12F3NO. The van der Waals surface area contributed by atoms with E-state index >= 15 is 0 Å².